The molecule has 0 aliphatic carbocycles. The number of benzene rings is 2. The minimum absolute atomic E-state index is 0.281. The lowest BCUT2D eigenvalue weighted by Gasteiger charge is -2.14. The van der Waals surface area contributed by atoms with Crippen LogP contribution in [0.1, 0.15) is 17.5 Å². The number of carboxylic acid groups (broad SMARTS) is 1. The number of hydrogen-bond donors (Lipinski definition) is 2. The van der Waals surface area contributed by atoms with Crippen LogP contribution in [-0.2, 0) is 11.2 Å². The van der Waals surface area contributed by atoms with Crippen molar-refractivity contribution < 1.29 is 14.6 Å². The first-order valence-electron chi connectivity index (χ1n) is 6.91. The Labute approximate surface area is 124 Å². The Hall–Kier alpha value is -2.33. The number of hydrogen-bond acceptors (Lipinski definition) is 3. The van der Waals surface area contributed by atoms with E-state index in [1.165, 1.54) is 5.56 Å². The molecule has 0 fully saturated rings. The third-order valence-electron chi connectivity index (χ3n) is 3.16. The molecule has 2 rings (SSSR count). The number of aliphatic carboxylic acids is 1. The highest BCUT2D eigenvalue weighted by Crippen LogP contribution is 2.17. The third-order valence-corrected chi connectivity index (χ3v) is 3.16. The third kappa shape index (κ3) is 4.61. The van der Waals surface area contributed by atoms with Gasteiger partial charge in [0.15, 0.2) is 6.10 Å². The van der Waals surface area contributed by atoms with Gasteiger partial charge in [0, 0.05) is 6.42 Å². The van der Waals surface area contributed by atoms with Crippen LogP contribution in [0.2, 0.25) is 0 Å². The summed E-state index contributed by atoms with van der Waals surface area (Å²) in [6.07, 6.45) is 0.239. The summed E-state index contributed by atoms with van der Waals surface area (Å²) in [4.78, 5) is 11.0. The summed E-state index contributed by atoms with van der Waals surface area (Å²) in [5.74, 6) is -0.443. The van der Waals surface area contributed by atoms with E-state index >= 15 is 0 Å². The fraction of sp³-hybridized carbons (Fsp3) is 0.235. The zero-order chi connectivity index (χ0) is 15.1. The van der Waals surface area contributed by atoms with Gasteiger partial charge < -0.3 is 15.6 Å². The second-order valence-corrected chi connectivity index (χ2v) is 4.83. The number of rotatable bonds is 7. The molecule has 4 nitrogen and oxygen atoms in total. The molecule has 0 saturated carbocycles. The van der Waals surface area contributed by atoms with Crippen molar-refractivity contribution in [2.24, 2.45) is 5.73 Å². The van der Waals surface area contributed by atoms with E-state index in [1.807, 2.05) is 30.3 Å². The average molecular weight is 285 g/mol. The van der Waals surface area contributed by atoms with Crippen LogP contribution in [0, 0.1) is 0 Å². The molecule has 110 valence electrons. The fourth-order valence-corrected chi connectivity index (χ4v) is 2.07. The molecule has 21 heavy (non-hydrogen) atoms. The van der Waals surface area contributed by atoms with Gasteiger partial charge >= 0.3 is 5.97 Å². The van der Waals surface area contributed by atoms with E-state index in [2.05, 4.69) is 12.1 Å². The Morgan fingerprint density at radius 2 is 1.67 bits per heavy atom. The minimum Gasteiger partial charge on any atom is -0.479 e. The molecule has 0 heterocycles. The van der Waals surface area contributed by atoms with Crippen molar-refractivity contribution in [2.45, 2.75) is 18.9 Å². The molecule has 1 unspecified atom stereocenters. The van der Waals surface area contributed by atoms with Gasteiger partial charge in [0.1, 0.15) is 5.75 Å². The molecule has 2 aromatic carbocycles. The van der Waals surface area contributed by atoms with Gasteiger partial charge in [-0.05, 0) is 36.2 Å². The molecule has 1 atom stereocenters. The van der Waals surface area contributed by atoms with Gasteiger partial charge in [0.05, 0.1) is 0 Å². The van der Waals surface area contributed by atoms with Gasteiger partial charge in [-0.3, -0.25) is 0 Å². The minimum atomic E-state index is -0.992. The second kappa shape index (κ2) is 7.45. The van der Waals surface area contributed by atoms with E-state index in [1.54, 1.807) is 12.1 Å². The first-order valence-corrected chi connectivity index (χ1v) is 6.91. The number of carbonyl (C=O) groups is 1. The molecule has 0 bridgehead atoms. The molecule has 0 aliphatic rings. The van der Waals surface area contributed by atoms with Gasteiger partial charge in [0.2, 0.25) is 0 Å². The standard InChI is InChI=1S/C17H19NO3/c18-11-10-16(17(19)20)21-15-8-6-14(7-9-15)12-13-4-2-1-3-5-13/h1-9,16H,10-12,18H2,(H,19,20). The van der Waals surface area contributed by atoms with E-state index in [4.69, 9.17) is 15.6 Å². The Morgan fingerprint density at radius 3 is 2.24 bits per heavy atom. The highest BCUT2D eigenvalue weighted by atomic mass is 16.5. The van der Waals surface area contributed by atoms with Crippen LogP contribution in [-0.4, -0.2) is 23.7 Å². The quantitative estimate of drug-likeness (QED) is 0.819. The van der Waals surface area contributed by atoms with Crippen molar-refractivity contribution in [1.29, 1.82) is 0 Å². The highest BCUT2D eigenvalue weighted by Gasteiger charge is 2.18. The number of nitrogens with two attached hydrogens (primary N) is 1. The smallest absolute Gasteiger partial charge is 0.344 e. The SMILES string of the molecule is NCCC(Oc1ccc(Cc2ccccc2)cc1)C(=O)O. The molecule has 3 N–H and O–H groups in total. The predicted molar refractivity (Wildman–Crippen MR) is 81.4 cm³/mol. The van der Waals surface area contributed by atoms with Crippen molar-refractivity contribution in [2.75, 3.05) is 6.54 Å². The first kappa shape index (κ1) is 15.1. The lowest BCUT2D eigenvalue weighted by atomic mass is 10.1. The molecule has 2 aromatic rings. The van der Waals surface area contributed by atoms with Gasteiger partial charge in [0.25, 0.3) is 0 Å². The average Bonchev–Trinajstić information content (AvgIpc) is 2.49. The van der Waals surface area contributed by atoms with E-state index < -0.39 is 12.1 Å². The lowest BCUT2D eigenvalue weighted by molar-refractivity contribution is -0.145. The molecular weight excluding hydrogens is 266 g/mol. The molecule has 0 aliphatic heterocycles. The van der Waals surface area contributed by atoms with E-state index in [9.17, 15) is 4.79 Å². The molecule has 0 saturated heterocycles. The van der Waals surface area contributed by atoms with Crippen molar-refractivity contribution in [3.63, 3.8) is 0 Å². The van der Waals surface area contributed by atoms with Crippen LogP contribution in [0.5, 0.6) is 5.75 Å². The molecule has 4 heteroatoms. The Balaban J connectivity index is 2.00. The van der Waals surface area contributed by atoms with Crippen LogP contribution < -0.4 is 10.5 Å². The Bertz CT molecular complexity index is 566. The van der Waals surface area contributed by atoms with E-state index in [-0.39, 0.29) is 6.54 Å². The largest absolute Gasteiger partial charge is 0.479 e. The van der Waals surface area contributed by atoms with Crippen molar-refractivity contribution in [3.8, 4) is 5.75 Å². The maximum absolute atomic E-state index is 11.0. The van der Waals surface area contributed by atoms with Gasteiger partial charge in [-0.15, -0.1) is 0 Å². The Morgan fingerprint density at radius 1 is 1.05 bits per heavy atom. The summed E-state index contributed by atoms with van der Waals surface area (Å²) in [6.45, 7) is 0.281. The zero-order valence-corrected chi connectivity index (χ0v) is 11.7. The maximum atomic E-state index is 11.0. The van der Waals surface area contributed by atoms with Crippen molar-refractivity contribution in [1.82, 2.24) is 0 Å². The predicted octanol–water partition coefficient (Wildman–Crippen LogP) is 2.46. The topological polar surface area (TPSA) is 72.5 Å². The Kier molecular flexibility index (Phi) is 5.35. The first-order chi connectivity index (χ1) is 10.2. The molecular formula is C17H19NO3. The van der Waals surface area contributed by atoms with Crippen LogP contribution in [0.15, 0.2) is 54.6 Å². The van der Waals surface area contributed by atoms with E-state index in [0.717, 1.165) is 12.0 Å². The van der Waals surface area contributed by atoms with Crippen molar-refractivity contribution >= 4 is 5.97 Å². The highest BCUT2D eigenvalue weighted by molar-refractivity contribution is 5.72. The maximum Gasteiger partial charge on any atom is 0.344 e. The number of ether oxygens (including phenoxy) is 1. The summed E-state index contributed by atoms with van der Waals surface area (Å²) in [5, 5.41) is 9.03. The van der Waals surface area contributed by atoms with E-state index in [0.29, 0.717) is 12.2 Å². The van der Waals surface area contributed by atoms with Gasteiger partial charge in [-0.25, -0.2) is 4.79 Å². The molecule has 0 spiro atoms. The molecule has 0 aromatic heterocycles. The van der Waals surface area contributed by atoms with Crippen molar-refractivity contribution in [3.05, 3.63) is 65.7 Å². The summed E-state index contributed by atoms with van der Waals surface area (Å²) >= 11 is 0. The summed E-state index contributed by atoms with van der Waals surface area (Å²) < 4.78 is 5.44. The molecule has 0 radical (unpaired) electrons. The summed E-state index contributed by atoms with van der Waals surface area (Å²) in [6, 6.07) is 17.7. The second-order valence-electron chi connectivity index (χ2n) is 4.83. The van der Waals surface area contributed by atoms with Crippen LogP contribution in [0.3, 0.4) is 0 Å². The van der Waals surface area contributed by atoms with Gasteiger partial charge in [-0.2, -0.15) is 0 Å². The lowest BCUT2D eigenvalue weighted by Crippen LogP contribution is -2.29. The zero-order valence-electron chi connectivity index (χ0n) is 11.7. The molecule has 0 amide bonds. The van der Waals surface area contributed by atoms with Crippen LogP contribution in [0.25, 0.3) is 0 Å². The van der Waals surface area contributed by atoms with Gasteiger partial charge in [-0.1, -0.05) is 42.5 Å². The van der Waals surface area contributed by atoms with Crippen LogP contribution >= 0.6 is 0 Å². The summed E-state index contributed by atoms with van der Waals surface area (Å²) in [5.41, 5.74) is 7.77. The van der Waals surface area contributed by atoms with Crippen LogP contribution in [0.4, 0.5) is 0 Å². The number of carboxylic acids is 1. The monoisotopic (exact) mass is 285 g/mol. The fourth-order valence-electron chi connectivity index (χ4n) is 2.07. The summed E-state index contributed by atoms with van der Waals surface area (Å²) in [7, 11) is 0. The normalized spacial score (nSPS) is 11.9.